The molecule has 6 heteroatoms. The van der Waals surface area contributed by atoms with Crippen molar-refractivity contribution in [2.75, 3.05) is 5.32 Å². The van der Waals surface area contributed by atoms with Gasteiger partial charge in [0.1, 0.15) is 5.82 Å². The summed E-state index contributed by atoms with van der Waals surface area (Å²) >= 11 is 1.28. The van der Waals surface area contributed by atoms with Crippen LogP contribution >= 0.6 is 11.3 Å². The maximum absolute atomic E-state index is 14.1. The van der Waals surface area contributed by atoms with Gasteiger partial charge in [0.15, 0.2) is 0 Å². The SMILES string of the molecule is Cc1cc(NC(=O)C(C)(C)C)sc1C(=O)N(Cc1ccccc1F)C1CC1. The maximum Gasteiger partial charge on any atom is 0.264 e. The minimum Gasteiger partial charge on any atom is -0.331 e. The smallest absolute Gasteiger partial charge is 0.264 e. The number of nitrogens with zero attached hydrogens (tertiary/aromatic N) is 1. The number of hydrogen-bond acceptors (Lipinski definition) is 3. The Morgan fingerprint density at radius 1 is 1.26 bits per heavy atom. The van der Waals surface area contributed by atoms with Gasteiger partial charge in [-0.2, -0.15) is 0 Å². The molecule has 2 aromatic rings. The lowest BCUT2D eigenvalue weighted by Crippen LogP contribution is -2.32. The van der Waals surface area contributed by atoms with Crippen LogP contribution in [-0.4, -0.2) is 22.8 Å². The van der Waals surface area contributed by atoms with E-state index >= 15 is 0 Å². The molecule has 1 aromatic heterocycles. The van der Waals surface area contributed by atoms with E-state index in [1.54, 1.807) is 23.1 Å². The molecule has 1 aliphatic rings. The molecule has 0 aliphatic heterocycles. The van der Waals surface area contributed by atoms with Crippen LogP contribution in [0.5, 0.6) is 0 Å². The highest BCUT2D eigenvalue weighted by atomic mass is 32.1. The molecule has 3 rings (SSSR count). The van der Waals surface area contributed by atoms with E-state index < -0.39 is 5.41 Å². The van der Waals surface area contributed by atoms with E-state index in [1.807, 2.05) is 33.8 Å². The number of nitrogens with one attached hydrogen (secondary N) is 1. The molecule has 4 nitrogen and oxygen atoms in total. The second-order valence-corrected chi connectivity index (χ2v) is 9.13. The topological polar surface area (TPSA) is 49.4 Å². The van der Waals surface area contributed by atoms with Crippen molar-refractivity contribution in [1.29, 1.82) is 0 Å². The Kier molecular flexibility index (Phi) is 5.38. The Hall–Kier alpha value is -2.21. The van der Waals surface area contributed by atoms with Crippen LogP contribution in [-0.2, 0) is 11.3 Å². The third kappa shape index (κ3) is 4.56. The van der Waals surface area contributed by atoms with Gasteiger partial charge in [-0.3, -0.25) is 9.59 Å². The molecule has 1 saturated carbocycles. The molecule has 0 saturated heterocycles. The van der Waals surface area contributed by atoms with E-state index in [9.17, 15) is 14.0 Å². The first kappa shape index (κ1) is 19.5. The van der Waals surface area contributed by atoms with E-state index in [-0.39, 0.29) is 30.2 Å². The minimum absolute atomic E-state index is 0.0897. The van der Waals surface area contributed by atoms with Gasteiger partial charge in [0.2, 0.25) is 5.91 Å². The molecule has 1 heterocycles. The Labute approximate surface area is 163 Å². The summed E-state index contributed by atoms with van der Waals surface area (Å²) in [5.41, 5.74) is 0.842. The number of hydrogen-bond donors (Lipinski definition) is 1. The maximum atomic E-state index is 14.1. The van der Waals surface area contributed by atoms with Crippen molar-refractivity contribution in [3.8, 4) is 0 Å². The fourth-order valence-corrected chi connectivity index (χ4v) is 3.77. The largest absolute Gasteiger partial charge is 0.331 e. The number of halogens is 1. The van der Waals surface area contributed by atoms with E-state index in [1.165, 1.54) is 17.4 Å². The van der Waals surface area contributed by atoms with Gasteiger partial charge in [0.05, 0.1) is 9.88 Å². The number of thiophene rings is 1. The Bertz CT molecular complexity index is 865. The number of aryl methyl sites for hydroxylation is 1. The molecule has 0 spiro atoms. The van der Waals surface area contributed by atoms with Gasteiger partial charge in [-0.25, -0.2) is 4.39 Å². The number of amides is 2. The molecule has 0 atom stereocenters. The van der Waals surface area contributed by atoms with E-state index in [0.29, 0.717) is 15.4 Å². The van der Waals surface area contributed by atoms with Gasteiger partial charge < -0.3 is 10.2 Å². The van der Waals surface area contributed by atoms with Crippen molar-refractivity contribution in [3.05, 3.63) is 52.2 Å². The van der Waals surface area contributed by atoms with E-state index in [4.69, 9.17) is 0 Å². The van der Waals surface area contributed by atoms with Crippen LogP contribution in [0.1, 0.15) is 54.4 Å². The molecule has 1 aliphatic carbocycles. The third-order valence-electron chi connectivity index (χ3n) is 4.58. The summed E-state index contributed by atoms with van der Waals surface area (Å²) in [4.78, 5) is 27.7. The Morgan fingerprint density at radius 2 is 1.93 bits per heavy atom. The quantitative estimate of drug-likeness (QED) is 0.785. The Morgan fingerprint density at radius 3 is 2.52 bits per heavy atom. The summed E-state index contributed by atoms with van der Waals surface area (Å²) in [6.07, 6.45) is 1.89. The molecule has 1 N–H and O–H groups in total. The fourth-order valence-electron chi connectivity index (χ4n) is 2.75. The summed E-state index contributed by atoms with van der Waals surface area (Å²) in [5.74, 6) is -0.482. The highest BCUT2D eigenvalue weighted by Gasteiger charge is 2.35. The zero-order valence-electron chi connectivity index (χ0n) is 16.1. The molecule has 1 fully saturated rings. The van der Waals surface area contributed by atoms with Gasteiger partial charge in [-0.1, -0.05) is 39.0 Å². The van der Waals surface area contributed by atoms with Crippen LogP contribution in [0.3, 0.4) is 0 Å². The normalized spacial score (nSPS) is 14.1. The van der Waals surface area contributed by atoms with Gasteiger partial charge in [0, 0.05) is 23.6 Å². The molecule has 0 radical (unpaired) electrons. The van der Waals surface area contributed by atoms with Crippen LogP contribution in [0.25, 0.3) is 0 Å². The summed E-state index contributed by atoms with van der Waals surface area (Å²) in [7, 11) is 0. The minimum atomic E-state index is -0.507. The standard InChI is InChI=1S/C21H25FN2O2S/c1-13-11-17(23-20(26)21(2,3)4)27-18(13)19(25)24(15-9-10-15)12-14-7-5-6-8-16(14)22/h5-8,11,15H,9-10,12H2,1-4H3,(H,23,26). The number of benzene rings is 1. The van der Waals surface area contributed by atoms with Gasteiger partial charge in [0.25, 0.3) is 5.91 Å². The zero-order chi connectivity index (χ0) is 19.8. The number of carbonyl (C=O) groups excluding carboxylic acids is 2. The predicted molar refractivity (Wildman–Crippen MR) is 106 cm³/mol. The van der Waals surface area contributed by atoms with Crippen molar-refractivity contribution in [2.24, 2.45) is 5.41 Å². The second kappa shape index (κ2) is 7.43. The summed E-state index contributed by atoms with van der Waals surface area (Å²) in [5, 5.41) is 3.55. The summed E-state index contributed by atoms with van der Waals surface area (Å²) in [6, 6.07) is 8.55. The van der Waals surface area contributed by atoms with Crippen LogP contribution in [0.15, 0.2) is 30.3 Å². The van der Waals surface area contributed by atoms with Crippen molar-refractivity contribution >= 4 is 28.2 Å². The van der Waals surface area contributed by atoms with Gasteiger partial charge in [-0.05, 0) is 37.5 Å². The highest BCUT2D eigenvalue weighted by molar-refractivity contribution is 7.18. The molecular formula is C21H25FN2O2S. The number of rotatable bonds is 5. The first-order valence-corrected chi connectivity index (χ1v) is 9.94. The fraction of sp³-hybridized carbons (Fsp3) is 0.429. The summed E-state index contributed by atoms with van der Waals surface area (Å²) < 4.78 is 14.1. The first-order valence-electron chi connectivity index (χ1n) is 9.13. The van der Waals surface area contributed by atoms with E-state index in [2.05, 4.69) is 5.32 Å². The second-order valence-electron chi connectivity index (χ2n) is 8.08. The molecule has 27 heavy (non-hydrogen) atoms. The molecule has 144 valence electrons. The van der Waals surface area contributed by atoms with Gasteiger partial charge >= 0.3 is 0 Å². The van der Waals surface area contributed by atoms with Gasteiger partial charge in [-0.15, -0.1) is 11.3 Å². The van der Waals surface area contributed by atoms with Crippen LogP contribution in [0.2, 0.25) is 0 Å². The third-order valence-corrected chi connectivity index (χ3v) is 5.72. The predicted octanol–water partition coefficient (Wildman–Crippen LogP) is 4.99. The van der Waals surface area contributed by atoms with Crippen molar-refractivity contribution < 1.29 is 14.0 Å². The Balaban J connectivity index is 1.81. The molecule has 0 unspecified atom stereocenters. The lowest BCUT2D eigenvalue weighted by Gasteiger charge is -2.22. The van der Waals surface area contributed by atoms with Crippen molar-refractivity contribution in [3.63, 3.8) is 0 Å². The van der Waals surface area contributed by atoms with Crippen LogP contribution in [0.4, 0.5) is 9.39 Å². The van der Waals surface area contributed by atoms with Crippen LogP contribution in [0, 0.1) is 18.2 Å². The summed E-state index contributed by atoms with van der Waals surface area (Å²) in [6.45, 7) is 7.66. The van der Waals surface area contributed by atoms with Crippen molar-refractivity contribution in [1.82, 2.24) is 4.90 Å². The lowest BCUT2D eigenvalue weighted by atomic mass is 9.96. The van der Waals surface area contributed by atoms with Crippen molar-refractivity contribution in [2.45, 2.75) is 53.1 Å². The molecule has 0 bridgehead atoms. The average molecular weight is 389 g/mol. The van der Waals surface area contributed by atoms with Crippen LogP contribution < -0.4 is 5.32 Å². The molecule has 1 aromatic carbocycles. The molecular weight excluding hydrogens is 363 g/mol. The number of carbonyl (C=O) groups is 2. The first-order chi connectivity index (χ1) is 12.7. The zero-order valence-corrected chi connectivity index (χ0v) is 17.0. The molecule has 2 amide bonds. The number of anilines is 1. The average Bonchev–Trinajstić information content (AvgIpc) is 3.36. The monoisotopic (exact) mass is 388 g/mol. The van der Waals surface area contributed by atoms with E-state index in [0.717, 1.165) is 18.4 Å². The highest BCUT2D eigenvalue weighted by Crippen LogP contribution is 2.34. The lowest BCUT2D eigenvalue weighted by molar-refractivity contribution is -0.123.